The highest BCUT2D eigenvalue weighted by Gasteiger charge is 2.15. The molecule has 0 saturated heterocycles. The second-order valence-corrected chi connectivity index (χ2v) is 4.97. The van der Waals surface area contributed by atoms with Crippen LogP contribution in [0.4, 0.5) is 0 Å². The van der Waals surface area contributed by atoms with E-state index in [4.69, 9.17) is 4.74 Å². The Morgan fingerprint density at radius 1 is 1.28 bits per heavy atom. The molecule has 0 aromatic carbocycles. The highest BCUT2D eigenvalue weighted by molar-refractivity contribution is 5.90. The Hall–Kier alpha value is -3.63. The molecule has 0 radical (unpaired) electrons. The number of fused-ring (bicyclic) bond motifs is 2. The van der Waals surface area contributed by atoms with E-state index in [2.05, 4.69) is 35.7 Å². The Bertz CT molecular complexity index is 1020. The van der Waals surface area contributed by atoms with Gasteiger partial charge in [-0.3, -0.25) is 4.79 Å². The third-order valence-electron chi connectivity index (χ3n) is 3.32. The molecule has 11 heteroatoms. The smallest absolute Gasteiger partial charge is 0.291 e. The van der Waals surface area contributed by atoms with Gasteiger partial charge in [-0.05, 0) is 19.1 Å². The van der Waals surface area contributed by atoms with E-state index < -0.39 is 5.91 Å². The third-order valence-corrected chi connectivity index (χ3v) is 3.32. The molecule has 126 valence electrons. The molecular weight excluding hydrogens is 326 g/mol. The topological polar surface area (TPSA) is 124 Å². The van der Waals surface area contributed by atoms with Crippen LogP contribution in [0, 0.1) is 0 Å². The molecule has 0 aliphatic rings. The minimum Gasteiger partial charge on any atom is -0.477 e. The average Bonchev–Trinajstić information content (AvgIpc) is 3.24. The normalized spacial score (nSPS) is 11.1. The molecule has 0 atom stereocenters. The van der Waals surface area contributed by atoms with Gasteiger partial charge in [-0.25, -0.2) is 9.50 Å². The lowest BCUT2D eigenvalue weighted by Crippen LogP contribution is -2.25. The van der Waals surface area contributed by atoms with Crippen LogP contribution >= 0.6 is 0 Å². The van der Waals surface area contributed by atoms with Gasteiger partial charge in [0, 0.05) is 18.5 Å². The number of carbonyl (C=O) groups is 1. The van der Waals surface area contributed by atoms with Gasteiger partial charge in [-0.1, -0.05) is 0 Å². The maximum Gasteiger partial charge on any atom is 0.291 e. The molecule has 1 amide bonds. The zero-order valence-electron chi connectivity index (χ0n) is 13.2. The summed E-state index contributed by atoms with van der Waals surface area (Å²) in [6.45, 7) is 2.49. The predicted octanol–water partition coefficient (Wildman–Crippen LogP) is -0.109. The summed E-state index contributed by atoms with van der Waals surface area (Å²) in [5, 5.41) is 19.1. The summed E-state index contributed by atoms with van der Waals surface area (Å²) >= 11 is 0. The third kappa shape index (κ3) is 2.82. The van der Waals surface area contributed by atoms with Crippen LogP contribution in [0.5, 0.6) is 5.88 Å². The number of nitrogens with zero attached hydrogens (tertiary/aromatic N) is 8. The summed E-state index contributed by atoms with van der Waals surface area (Å²) in [5.41, 5.74) is 0.558. The molecule has 1 N–H and O–H groups in total. The van der Waals surface area contributed by atoms with Crippen molar-refractivity contribution in [3.8, 4) is 5.88 Å². The van der Waals surface area contributed by atoms with Crippen LogP contribution in [0.2, 0.25) is 0 Å². The van der Waals surface area contributed by atoms with Crippen LogP contribution in [0.1, 0.15) is 23.4 Å². The number of ether oxygens (including phenoxy) is 1. The van der Waals surface area contributed by atoms with Gasteiger partial charge >= 0.3 is 0 Å². The Morgan fingerprint density at radius 3 is 3.04 bits per heavy atom. The molecule has 11 nitrogen and oxygen atoms in total. The first-order valence-corrected chi connectivity index (χ1v) is 7.54. The van der Waals surface area contributed by atoms with Gasteiger partial charge in [-0.2, -0.15) is 9.50 Å². The van der Waals surface area contributed by atoms with Crippen molar-refractivity contribution in [1.29, 1.82) is 0 Å². The van der Waals surface area contributed by atoms with Crippen LogP contribution < -0.4 is 10.1 Å². The Balaban J connectivity index is 1.53. The molecule has 4 aromatic rings. The monoisotopic (exact) mass is 339 g/mol. The van der Waals surface area contributed by atoms with Gasteiger partial charge in [0.05, 0.1) is 13.2 Å². The molecule has 0 aliphatic carbocycles. The summed E-state index contributed by atoms with van der Waals surface area (Å²) < 4.78 is 8.31. The first-order chi connectivity index (χ1) is 12.2. The van der Waals surface area contributed by atoms with E-state index in [1.54, 1.807) is 30.6 Å². The van der Waals surface area contributed by atoms with Crippen molar-refractivity contribution in [3.05, 3.63) is 42.2 Å². The minimum atomic E-state index is -0.441. The summed E-state index contributed by atoms with van der Waals surface area (Å²) in [6, 6.07) is 5.16. The number of rotatable bonds is 5. The fourth-order valence-corrected chi connectivity index (χ4v) is 2.22. The first-order valence-electron chi connectivity index (χ1n) is 7.54. The maximum atomic E-state index is 12.2. The van der Waals surface area contributed by atoms with Crippen LogP contribution in [0.3, 0.4) is 0 Å². The lowest BCUT2D eigenvalue weighted by atomic mass is 10.5. The zero-order chi connectivity index (χ0) is 17.2. The van der Waals surface area contributed by atoms with Crippen LogP contribution in [0.15, 0.2) is 30.6 Å². The number of aromatic nitrogens is 8. The van der Waals surface area contributed by atoms with Crippen molar-refractivity contribution < 1.29 is 9.53 Å². The number of nitrogens with one attached hydrogen (secondary N) is 1. The molecule has 0 unspecified atom stereocenters. The summed E-state index contributed by atoms with van der Waals surface area (Å²) in [5.74, 6) is 0.851. The van der Waals surface area contributed by atoms with Gasteiger partial charge in [0.15, 0.2) is 11.5 Å². The van der Waals surface area contributed by atoms with Crippen molar-refractivity contribution in [2.45, 2.75) is 13.5 Å². The van der Waals surface area contributed by atoms with E-state index in [0.29, 0.717) is 29.7 Å². The van der Waals surface area contributed by atoms with Crippen molar-refractivity contribution in [3.63, 3.8) is 0 Å². The van der Waals surface area contributed by atoms with E-state index in [9.17, 15) is 4.79 Å². The summed E-state index contributed by atoms with van der Waals surface area (Å²) in [7, 11) is 0. The van der Waals surface area contributed by atoms with Gasteiger partial charge in [0.1, 0.15) is 0 Å². The predicted molar refractivity (Wildman–Crippen MR) is 83.9 cm³/mol. The number of hydrogen-bond acceptors (Lipinski definition) is 8. The largest absolute Gasteiger partial charge is 0.477 e. The molecule has 25 heavy (non-hydrogen) atoms. The zero-order valence-corrected chi connectivity index (χ0v) is 13.2. The van der Waals surface area contributed by atoms with E-state index in [1.807, 2.05) is 6.92 Å². The van der Waals surface area contributed by atoms with Gasteiger partial charge in [0.2, 0.25) is 11.7 Å². The van der Waals surface area contributed by atoms with Crippen LogP contribution in [-0.2, 0) is 6.54 Å². The highest BCUT2D eigenvalue weighted by atomic mass is 16.5. The number of carbonyl (C=O) groups excluding carboxylic acids is 1. The Morgan fingerprint density at radius 2 is 2.20 bits per heavy atom. The van der Waals surface area contributed by atoms with Crippen LogP contribution in [-0.4, -0.2) is 51.9 Å². The van der Waals surface area contributed by atoms with Crippen molar-refractivity contribution in [2.24, 2.45) is 0 Å². The molecule has 0 spiro atoms. The number of hydrogen-bond donors (Lipinski definition) is 1. The molecule has 4 rings (SSSR count). The lowest BCUT2D eigenvalue weighted by Gasteiger charge is -2.03. The Labute approximate surface area is 140 Å². The SMILES string of the molecule is CCOc1ccc2nnc(CNC(=O)c3nc4ncccn4n3)n2n1. The Kier molecular flexibility index (Phi) is 3.65. The van der Waals surface area contributed by atoms with Crippen molar-refractivity contribution >= 4 is 17.3 Å². The van der Waals surface area contributed by atoms with Crippen LogP contribution in [0.25, 0.3) is 11.4 Å². The van der Waals surface area contributed by atoms with E-state index in [1.165, 1.54) is 9.03 Å². The van der Waals surface area contributed by atoms with E-state index >= 15 is 0 Å². The van der Waals surface area contributed by atoms with E-state index in [-0.39, 0.29) is 12.4 Å². The van der Waals surface area contributed by atoms with E-state index in [0.717, 1.165) is 0 Å². The minimum absolute atomic E-state index is 0.0236. The second kappa shape index (κ2) is 6.11. The molecular formula is C14H13N9O2. The standard InChI is InChI=1S/C14H13N9O2/c1-2-25-11-5-4-9-18-19-10(23(9)20-11)8-16-13(24)12-17-14-15-6-3-7-22(14)21-12/h3-7H,2,8H2,1H3,(H,16,24). The average molecular weight is 339 g/mol. The van der Waals surface area contributed by atoms with Crippen molar-refractivity contribution in [1.82, 2.24) is 44.7 Å². The fraction of sp³-hybridized carbons (Fsp3) is 0.214. The van der Waals surface area contributed by atoms with Gasteiger partial charge in [0.25, 0.3) is 11.7 Å². The molecule has 4 aromatic heterocycles. The van der Waals surface area contributed by atoms with Gasteiger partial charge < -0.3 is 10.1 Å². The van der Waals surface area contributed by atoms with Gasteiger partial charge in [-0.15, -0.1) is 20.4 Å². The summed E-state index contributed by atoms with van der Waals surface area (Å²) in [6.07, 6.45) is 3.24. The van der Waals surface area contributed by atoms with Crippen molar-refractivity contribution in [2.75, 3.05) is 6.61 Å². The quantitative estimate of drug-likeness (QED) is 0.534. The molecule has 0 fully saturated rings. The summed E-state index contributed by atoms with van der Waals surface area (Å²) in [4.78, 5) is 20.3. The highest BCUT2D eigenvalue weighted by Crippen LogP contribution is 2.09. The number of amides is 1. The molecule has 0 saturated carbocycles. The fourth-order valence-electron chi connectivity index (χ4n) is 2.22. The molecule has 0 aliphatic heterocycles. The second-order valence-electron chi connectivity index (χ2n) is 4.97. The maximum absolute atomic E-state index is 12.2. The molecule has 0 bridgehead atoms. The lowest BCUT2D eigenvalue weighted by molar-refractivity contribution is 0.0939. The molecule has 4 heterocycles. The first kappa shape index (κ1) is 14.9.